The number of urea groups is 1. The Morgan fingerprint density at radius 1 is 1.00 bits per heavy atom. The summed E-state index contributed by atoms with van der Waals surface area (Å²) in [6, 6.07) is 6.18. The molecule has 1 aliphatic rings. The van der Waals surface area contributed by atoms with Crippen LogP contribution in [0.1, 0.15) is 10.4 Å². The van der Waals surface area contributed by atoms with E-state index in [9.17, 15) is 27.2 Å². The molecule has 36 heavy (non-hydrogen) atoms. The van der Waals surface area contributed by atoms with Crippen LogP contribution in [0.25, 0.3) is 0 Å². The Balaban J connectivity index is 1.36. The number of benzene rings is 1. The van der Waals surface area contributed by atoms with Gasteiger partial charge in [-0.2, -0.15) is 17.6 Å². The number of alkyl halides is 4. The van der Waals surface area contributed by atoms with Crippen molar-refractivity contribution in [2.75, 3.05) is 23.0 Å². The maximum atomic E-state index is 13.4. The van der Waals surface area contributed by atoms with Gasteiger partial charge in [0.2, 0.25) is 5.91 Å². The average molecular weight is 526 g/mol. The fourth-order valence-electron chi connectivity index (χ4n) is 3.05. The molecule has 0 bridgehead atoms. The van der Waals surface area contributed by atoms with E-state index >= 15 is 0 Å². The molecular formula is C21H18F4N6O4S. The first-order valence-corrected chi connectivity index (χ1v) is 11.1. The number of fused-ring (bicyclic) bond motifs is 1. The number of aromatic nitrogens is 2. The van der Waals surface area contributed by atoms with E-state index in [1.807, 2.05) is 0 Å². The van der Waals surface area contributed by atoms with Crippen molar-refractivity contribution in [2.24, 2.45) is 0 Å². The van der Waals surface area contributed by atoms with Crippen LogP contribution in [0.5, 0.6) is 11.5 Å². The summed E-state index contributed by atoms with van der Waals surface area (Å²) in [6.45, 7) is 0.324. The van der Waals surface area contributed by atoms with Crippen LogP contribution in [0.2, 0.25) is 0 Å². The Bertz CT molecular complexity index is 1290. The smallest absolute Gasteiger partial charge is 0.421 e. The van der Waals surface area contributed by atoms with Crippen molar-refractivity contribution in [3.8, 4) is 11.5 Å². The maximum Gasteiger partial charge on any atom is 0.507 e. The van der Waals surface area contributed by atoms with Crippen molar-refractivity contribution in [3.05, 3.63) is 52.5 Å². The van der Waals surface area contributed by atoms with Crippen molar-refractivity contribution in [1.29, 1.82) is 0 Å². The molecular weight excluding hydrogens is 508 g/mol. The van der Waals surface area contributed by atoms with Gasteiger partial charge in [-0.05, 0) is 29.8 Å². The number of rotatable bonds is 7. The summed E-state index contributed by atoms with van der Waals surface area (Å²) in [4.78, 5) is 32.8. The molecule has 3 heterocycles. The summed E-state index contributed by atoms with van der Waals surface area (Å²) < 4.78 is 61.5. The third-order valence-electron chi connectivity index (χ3n) is 4.76. The van der Waals surface area contributed by atoms with E-state index in [4.69, 9.17) is 0 Å². The number of halogens is 4. The summed E-state index contributed by atoms with van der Waals surface area (Å²) in [5.41, 5.74) is 2.39. The molecule has 10 nitrogen and oxygen atoms in total. The number of thiazole rings is 1. The number of anilines is 3. The summed E-state index contributed by atoms with van der Waals surface area (Å²) in [5.74, 6) is -0.907. The summed E-state index contributed by atoms with van der Waals surface area (Å²) in [7, 11) is 1.48. The number of ether oxygens (including phenoxy) is 2. The second kappa shape index (κ2) is 9.85. The number of hydrogen-bond donors (Lipinski definition) is 4. The molecule has 1 aromatic carbocycles. The van der Waals surface area contributed by atoms with Crippen LogP contribution in [0.15, 0.2) is 42.0 Å². The average Bonchev–Trinajstić information content (AvgIpc) is 3.25. The van der Waals surface area contributed by atoms with E-state index in [1.165, 1.54) is 30.6 Å². The summed E-state index contributed by atoms with van der Waals surface area (Å²) in [6.07, 6.45) is -8.25. The minimum atomic E-state index is -4.86. The molecule has 3 amide bonds. The molecule has 4 rings (SSSR count). The lowest BCUT2D eigenvalue weighted by molar-refractivity contribution is -0.391. The third kappa shape index (κ3) is 5.56. The lowest BCUT2D eigenvalue weighted by Crippen LogP contribution is -2.52. The molecule has 0 aliphatic carbocycles. The minimum Gasteiger partial charge on any atom is -0.421 e. The molecule has 15 heteroatoms. The normalized spacial score (nSPS) is 15.0. The molecule has 0 spiro atoms. The van der Waals surface area contributed by atoms with Crippen molar-refractivity contribution in [3.63, 3.8) is 0 Å². The number of pyridine rings is 1. The molecule has 190 valence electrons. The van der Waals surface area contributed by atoms with Crippen LogP contribution in [0.4, 0.5) is 39.7 Å². The zero-order valence-electron chi connectivity index (χ0n) is 18.4. The lowest BCUT2D eigenvalue weighted by atomic mass is 10.2. The third-order valence-corrected chi connectivity index (χ3v) is 5.59. The number of amides is 3. The van der Waals surface area contributed by atoms with Gasteiger partial charge < -0.3 is 25.4 Å². The van der Waals surface area contributed by atoms with Crippen LogP contribution >= 0.6 is 11.3 Å². The number of nitrogens with one attached hydrogen (secondary N) is 4. The van der Waals surface area contributed by atoms with E-state index in [0.717, 1.165) is 17.7 Å². The van der Waals surface area contributed by atoms with E-state index in [1.54, 1.807) is 17.6 Å². The van der Waals surface area contributed by atoms with Gasteiger partial charge in [0.15, 0.2) is 11.5 Å². The van der Waals surface area contributed by atoms with Crippen molar-refractivity contribution in [2.45, 2.75) is 25.2 Å². The minimum absolute atomic E-state index is 0.0512. The fraction of sp³-hybridized carbons (Fsp3) is 0.238. The van der Waals surface area contributed by atoms with Gasteiger partial charge >= 0.3 is 18.2 Å². The molecule has 0 atom stereocenters. The van der Waals surface area contributed by atoms with Gasteiger partial charge in [0.25, 0.3) is 0 Å². The highest BCUT2D eigenvalue weighted by Crippen LogP contribution is 2.47. The SMILES string of the molecule is CNC(=O)Nc1cc(CNc2ncsc2CC(=O)Nc2ccc3c(c2)OC(F)(F)C(F)(F)O3)ccn1. The molecule has 0 unspecified atom stereocenters. The number of nitrogens with zero attached hydrogens (tertiary/aromatic N) is 2. The van der Waals surface area contributed by atoms with Crippen LogP contribution < -0.4 is 30.7 Å². The summed E-state index contributed by atoms with van der Waals surface area (Å²) >= 11 is 1.22. The maximum absolute atomic E-state index is 13.4. The Morgan fingerprint density at radius 2 is 1.75 bits per heavy atom. The first kappa shape index (κ1) is 25.0. The molecule has 1 aliphatic heterocycles. The topological polar surface area (TPSA) is 127 Å². The van der Waals surface area contributed by atoms with Crippen LogP contribution in [-0.4, -0.2) is 41.2 Å². The molecule has 0 saturated heterocycles. The van der Waals surface area contributed by atoms with Crippen LogP contribution in [0, 0.1) is 0 Å². The highest BCUT2D eigenvalue weighted by atomic mass is 32.1. The van der Waals surface area contributed by atoms with Gasteiger partial charge in [0, 0.05) is 31.5 Å². The molecule has 0 saturated carbocycles. The predicted molar refractivity (Wildman–Crippen MR) is 122 cm³/mol. The first-order chi connectivity index (χ1) is 17.1. The van der Waals surface area contributed by atoms with Gasteiger partial charge in [-0.3, -0.25) is 10.1 Å². The summed E-state index contributed by atoms with van der Waals surface area (Å²) in [5, 5.41) is 10.6. The van der Waals surface area contributed by atoms with E-state index in [0.29, 0.717) is 23.1 Å². The van der Waals surface area contributed by atoms with Gasteiger partial charge in [0.1, 0.15) is 11.6 Å². The molecule has 4 N–H and O–H groups in total. The Morgan fingerprint density at radius 3 is 2.50 bits per heavy atom. The van der Waals surface area contributed by atoms with Crippen molar-refractivity contribution >= 4 is 40.6 Å². The fourth-order valence-corrected chi connectivity index (χ4v) is 3.79. The van der Waals surface area contributed by atoms with Crippen LogP contribution in [0.3, 0.4) is 0 Å². The van der Waals surface area contributed by atoms with Gasteiger partial charge in [0.05, 0.1) is 16.8 Å². The van der Waals surface area contributed by atoms with Crippen molar-refractivity contribution < 1.29 is 36.6 Å². The van der Waals surface area contributed by atoms with E-state index in [2.05, 4.69) is 40.7 Å². The van der Waals surface area contributed by atoms with Gasteiger partial charge in [-0.25, -0.2) is 14.8 Å². The van der Waals surface area contributed by atoms with E-state index in [-0.39, 0.29) is 12.1 Å². The largest absolute Gasteiger partial charge is 0.507 e. The van der Waals surface area contributed by atoms with Gasteiger partial charge in [-0.1, -0.05) is 0 Å². The zero-order valence-corrected chi connectivity index (χ0v) is 19.2. The Labute approximate surface area is 205 Å². The van der Waals surface area contributed by atoms with Gasteiger partial charge in [-0.15, -0.1) is 11.3 Å². The monoisotopic (exact) mass is 526 g/mol. The highest BCUT2D eigenvalue weighted by Gasteiger charge is 2.65. The molecule has 0 fully saturated rings. The zero-order chi connectivity index (χ0) is 25.9. The van der Waals surface area contributed by atoms with E-state index < -0.39 is 35.7 Å². The predicted octanol–water partition coefficient (Wildman–Crippen LogP) is 4.04. The second-order valence-corrected chi connectivity index (χ2v) is 8.29. The molecule has 2 aromatic heterocycles. The Kier molecular flexibility index (Phi) is 6.83. The number of carbonyl (C=O) groups excluding carboxylic acids is 2. The lowest BCUT2D eigenvalue weighted by Gasteiger charge is -2.31. The number of carbonyl (C=O) groups is 2. The highest BCUT2D eigenvalue weighted by molar-refractivity contribution is 7.10. The quantitative estimate of drug-likeness (QED) is 0.342. The Hall–Kier alpha value is -4.14. The first-order valence-electron chi connectivity index (χ1n) is 10.2. The molecule has 3 aromatic rings. The van der Waals surface area contributed by atoms with Crippen LogP contribution in [-0.2, 0) is 17.8 Å². The second-order valence-electron chi connectivity index (χ2n) is 7.36. The van der Waals surface area contributed by atoms with Crippen molar-refractivity contribution in [1.82, 2.24) is 15.3 Å². The molecule has 0 radical (unpaired) electrons. The standard InChI is InChI=1S/C21H18F4N6O4S/c1-26-19(33)31-16-6-11(4-5-27-16)9-28-18-15(36-10-29-18)8-17(32)30-12-2-3-13-14(7-12)35-21(24,25)20(22,23)34-13/h2-7,10,28H,8-9H2,1H3,(H,30,32)(H2,26,27,31,33). The number of hydrogen-bond acceptors (Lipinski definition) is 8.